The van der Waals surface area contributed by atoms with Crippen LogP contribution in [0.25, 0.3) is 0 Å². The summed E-state index contributed by atoms with van der Waals surface area (Å²) in [5.41, 5.74) is 1.12. The average molecular weight is 862 g/mol. The molecule has 0 aromatic rings. The third kappa shape index (κ3) is 31.0. The molecular formula is C45H84NO12P. The molecule has 4 N–H and O–H groups in total. The van der Waals surface area contributed by atoms with Gasteiger partial charge in [0.1, 0.15) is 17.5 Å². The first kappa shape index (κ1) is 58.5. The molecule has 14 heteroatoms. The molecule has 3 fully saturated rings. The van der Waals surface area contributed by atoms with Crippen LogP contribution < -0.4 is 10.8 Å². The lowest BCUT2D eigenvalue weighted by molar-refractivity contribution is -0.425. The Kier molecular flexibility index (Phi) is 31.9. The molecule has 3 rings (SSSR count). The van der Waals surface area contributed by atoms with Gasteiger partial charge in [-0.25, -0.2) is 0 Å². The number of allylic oxidation sites excluding steroid dienone is 1. The molecule has 0 radical (unpaired) electrons. The maximum absolute atomic E-state index is 12.4. The average Bonchev–Trinajstić information content (AvgIpc) is 3.13. The second-order valence-corrected chi connectivity index (χ2v) is 19.9. The third-order valence-electron chi connectivity index (χ3n) is 9.91. The number of aliphatic carboxylic acids is 2. The third-order valence-corrected chi connectivity index (χ3v) is 12.3. The lowest BCUT2D eigenvalue weighted by Gasteiger charge is -2.25. The predicted molar refractivity (Wildman–Crippen MR) is 230 cm³/mol. The highest BCUT2D eigenvalue weighted by Crippen LogP contribution is 2.54. The van der Waals surface area contributed by atoms with E-state index in [4.69, 9.17) is 23.6 Å². The van der Waals surface area contributed by atoms with Crippen LogP contribution in [0.5, 0.6) is 0 Å². The van der Waals surface area contributed by atoms with Gasteiger partial charge in [-0.15, -0.1) is 0 Å². The first-order valence-electron chi connectivity index (χ1n) is 21.9. The number of hydrogen-bond acceptors (Lipinski definition) is 11. The molecule has 0 bridgehead atoms. The van der Waals surface area contributed by atoms with Crippen molar-refractivity contribution < 1.29 is 63.0 Å². The molecule has 0 spiro atoms. The van der Waals surface area contributed by atoms with Gasteiger partial charge in [0.25, 0.3) is 0 Å². The lowest BCUT2D eigenvalue weighted by Crippen LogP contribution is -2.61. The van der Waals surface area contributed by atoms with Crippen molar-refractivity contribution in [3.63, 3.8) is 0 Å². The van der Waals surface area contributed by atoms with Gasteiger partial charge in [0.15, 0.2) is 5.66 Å². The smallest absolute Gasteiger partial charge is 0.345 e. The highest BCUT2D eigenvalue weighted by molar-refractivity contribution is 7.55. The normalized spacial score (nSPS) is 17.5. The van der Waals surface area contributed by atoms with Gasteiger partial charge in [-0.1, -0.05) is 84.1 Å². The second-order valence-electron chi connectivity index (χ2n) is 17.6. The molecule has 0 saturated heterocycles. The fourth-order valence-corrected chi connectivity index (χ4v) is 8.95. The SMILES string of the molecule is C.CC(C)(C)OC(=O)C/C(=C\CCC1CCCCC1)C(=O)[O-].CCOP(=O)(OCC)C(CC(=O)OC(C)(C)C)C(=O)O.O=CCCC1CCCCC1.[NH3+]C1CCCCC1. The van der Waals surface area contributed by atoms with E-state index in [1.54, 1.807) is 61.5 Å². The van der Waals surface area contributed by atoms with Crippen molar-refractivity contribution in [2.24, 2.45) is 11.8 Å². The van der Waals surface area contributed by atoms with Crippen LogP contribution in [0.2, 0.25) is 0 Å². The van der Waals surface area contributed by atoms with Gasteiger partial charge in [-0.2, -0.15) is 0 Å². The fraction of sp³-hybridized carbons (Fsp3) is 0.844. The van der Waals surface area contributed by atoms with Crippen LogP contribution in [0.3, 0.4) is 0 Å². The van der Waals surface area contributed by atoms with Gasteiger partial charge in [0.05, 0.1) is 38.1 Å². The number of hydrogen-bond donors (Lipinski definition) is 2. The van der Waals surface area contributed by atoms with Crippen LogP contribution in [-0.4, -0.2) is 71.4 Å². The maximum atomic E-state index is 12.4. The van der Waals surface area contributed by atoms with Gasteiger partial charge in [0, 0.05) is 6.42 Å². The number of carboxylic acid groups (broad SMARTS) is 2. The van der Waals surface area contributed by atoms with Crippen LogP contribution >= 0.6 is 7.60 Å². The van der Waals surface area contributed by atoms with Gasteiger partial charge >= 0.3 is 25.5 Å². The van der Waals surface area contributed by atoms with Gasteiger partial charge < -0.3 is 44.1 Å². The molecule has 0 heterocycles. The summed E-state index contributed by atoms with van der Waals surface area (Å²) in [6.45, 7) is 13.4. The van der Waals surface area contributed by atoms with E-state index in [9.17, 15) is 33.6 Å². The highest BCUT2D eigenvalue weighted by atomic mass is 31.2. The van der Waals surface area contributed by atoms with E-state index < -0.39 is 54.8 Å². The molecule has 13 nitrogen and oxygen atoms in total. The van der Waals surface area contributed by atoms with Crippen molar-refractivity contribution in [3.05, 3.63) is 11.6 Å². The minimum atomic E-state index is -3.91. The van der Waals surface area contributed by atoms with Crippen molar-refractivity contribution in [2.45, 2.75) is 221 Å². The van der Waals surface area contributed by atoms with E-state index in [2.05, 4.69) is 5.73 Å². The Bertz CT molecular complexity index is 1240. The quantitative estimate of drug-likeness (QED) is 0.0608. The van der Waals surface area contributed by atoms with Crippen LogP contribution in [0.1, 0.15) is 198 Å². The number of quaternary nitrogens is 1. The van der Waals surface area contributed by atoms with E-state index in [0.717, 1.165) is 37.5 Å². The van der Waals surface area contributed by atoms with E-state index in [0.29, 0.717) is 12.3 Å². The highest BCUT2D eigenvalue weighted by Gasteiger charge is 2.43. The molecule has 0 aliphatic heterocycles. The Morgan fingerprint density at radius 1 is 0.729 bits per heavy atom. The summed E-state index contributed by atoms with van der Waals surface area (Å²) in [5.74, 6) is -2.40. The number of carbonyl (C=O) groups is 5. The number of carbonyl (C=O) groups excluding carboxylic acids is 4. The van der Waals surface area contributed by atoms with Gasteiger partial charge in [-0.05, 0) is 118 Å². The first-order chi connectivity index (χ1) is 27.2. The Morgan fingerprint density at radius 3 is 1.47 bits per heavy atom. The summed E-state index contributed by atoms with van der Waals surface area (Å²) in [6, 6.07) is 0.786. The Labute approximate surface area is 357 Å². The number of carboxylic acids is 2. The predicted octanol–water partition coefficient (Wildman–Crippen LogP) is 8.94. The zero-order valence-corrected chi connectivity index (χ0v) is 38.2. The molecule has 0 aromatic carbocycles. The fourth-order valence-electron chi connectivity index (χ4n) is 7.15. The number of aldehydes is 1. The molecular weight excluding hydrogens is 777 g/mol. The van der Waals surface area contributed by atoms with E-state index in [1.807, 2.05) is 0 Å². The van der Waals surface area contributed by atoms with Crippen molar-refractivity contribution in [1.29, 1.82) is 0 Å². The van der Waals surface area contributed by atoms with Gasteiger partial charge in [-0.3, -0.25) is 18.9 Å². The van der Waals surface area contributed by atoms with Crippen LogP contribution in [-0.2, 0) is 47.1 Å². The Morgan fingerprint density at radius 2 is 1.14 bits per heavy atom. The topological polar surface area (TPSA) is 210 Å². The summed E-state index contributed by atoms with van der Waals surface area (Å²) >= 11 is 0. The number of esters is 2. The summed E-state index contributed by atoms with van der Waals surface area (Å²) in [7, 11) is -3.91. The molecule has 3 aliphatic rings. The molecule has 346 valence electrons. The van der Waals surface area contributed by atoms with Crippen molar-refractivity contribution in [1.82, 2.24) is 0 Å². The lowest BCUT2D eigenvalue weighted by atomic mass is 9.86. The largest absolute Gasteiger partial charge is 0.545 e. The second kappa shape index (κ2) is 32.2. The first-order valence-corrected chi connectivity index (χ1v) is 23.5. The van der Waals surface area contributed by atoms with Crippen LogP contribution in [0, 0.1) is 11.8 Å². The standard InChI is InChI=1S/C17H28O4.C12H23O7P.C9H16O.C6H13N.CH4/c1-17(2,3)21-15(18)12-14(16(19)20)11-7-10-13-8-5-4-6-9-13;1-6-17-20(16,18-7-2)9(11(14)15)8-10(13)19-12(3,4)5;10-8-4-7-9-5-2-1-3-6-9;7-6-4-2-1-3-5-6;/h11,13H,4-10,12H2,1-3H3,(H,19,20);9H,6-8H2,1-5H3,(H,14,15);8-9H,1-7H2;6H,1-5,7H2;1H4/b14-11+;;;;. The molecule has 3 aliphatic carbocycles. The van der Waals surface area contributed by atoms with Crippen molar-refractivity contribution >= 4 is 37.8 Å². The minimum absolute atomic E-state index is 0. The summed E-state index contributed by atoms with van der Waals surface area (Å²) in [4.78, 5) is 55.8. The Balaban J connectivity index is 0. The molecule has 1 atom stereocenters. The summed E-state index contributed by atoms with van der Waals surface area (Å²) in [5, 5.41) is 20.3. The van der Waals surface area contributed by atoms with E-state index in [-0.39, 0.29) is 32.6 Å². The summed E-state index contributed by atoms with van der Waals surface area (Å²) in [6.07, 6.45) is 25.8. The number of ether oxygens (including phenoxy) is 2. The zero-order chi connectivity index (χ0) is 44.2. The van der Waals surface area contributed by atoms with Crippen molar-refractivity contribution in [3.8, 4) is 0 Å². The molecule has 0 aromatic heterocycles. The zero-order valence-electron chi connectivity index (χ0n) is 37.3. The molecule has 59 heavy (non-hydrogen) atoms. The van der Waals surface area contributed by atoms with Crippen molar-refractivity contribution in [2.75, 3.05) is 13.2 Å². The molecule has 1 unspecified atom stereocenters. The maximum Gasteiger partial charge on any atom is 0.345 e. The summed E-state index contributed by atoms with van der Waals surface area (Å²) < 4.78 is 32.5. The van der Waals surface area contributed by atoms with Crippen LogP contribution in [0.15, 0.2) is 11.6 Å². The monoisotopic (exact) mass is 862 g/mol. The van der Waals surface area contributed by atoms with Gasteiger partial charge in [0.2, 0.25) is 0 Å². The molecule has 3 saturated carbocycles. The number of rotatable bonds is 17. The van der Waals surface area contributed by atoms with E-state index in [1.165, 1.54) is 96.3 Å². The Hall–Kier alpha value is -2.60. The minimum Gasteiger partial charge on any atom is -0.545 e. The van der Waals surface area contributed by atoms with E-state index >= 15 is 0 Å². The molecule has 0 amide bonds. The van der Waals surface area contributed by atoms with Crippen LogP contribution in [0.4, 0.5) is 0 Å².